The van der Waals surface area contributed by atoms with E-state index in [9.17, 15) is 4.79 Å². The normalized spacial score (nSPS) is 11.6. The second kappa shape index (κ2) is 9.94. The number of aryl methyl sites for hydroxylation is 1. The smallest absolute Gasteiger partial charge is 0.260 e. The van der Waals surface area contributed by atoms with Crippen LogP contribution in [0.25, 0.3) is 0 Å². The highest BCUT2D eigenvalue weighted by Gasteiger charge is 2.15. The standard InChI is InChI=1S/C20H24ClNO3/c1-3-24-17-12-10-16(11-13-17)7-6-14-22-20(23)15(2)25-19-9-5-4-8-18(19)21/h4-5,8-13,15H,3,6-7,14H2,1-2H3,(H,22,23)/t15-/m1/s1. The SMILES string of the molecule is CCOc1ccc(CCCNC(=O)[C@@H](C)Oc2ccccc2Cl)cc1. The number of para-hydroxylation sites is 1. The maximum absolute atomic E-state index is 12.1. The third-order valence-corrected chi connectivity index (χ3v) is 4.00. The van der Waals surface area contributed by atoms with Crippen molar-refractivity contribution in [2.45, 2.75) is 32.8 Å². The average molecular weight is 362 g/mol. The van der Waals surface area contributed by atoms with Crippen LogP contribution in [0.1, 0.15) is 25.8 Å². The molecule has 0 aliphatic carbocycles. The summed E-state index contributed by atoms with van der Waals surface area (Å²) in [4.78, 5) is 12.1. The molecule has 2 rings (SSSR count). The molecule has 4 nitrogen and oxygen atoms in total. The molecule has 0 heterocycles. The minimum absolute atomic E-state index is 0.147. The predicted molar refractivity (Wildman–Crippen MR) is 100 cm³/mol. The molecule has 0 aliphatic heterocycles. The van der Waals surface area contributed by atoms with Crippen LogP contribution in [0.3, 0.4) is 0 Å². The number of carbonyl (C=O) groups excluding carboxylic acids is 1. The number of ether oxygens (including phenoxy) is 2. The fraction of sp³-hybridized carbons (Fsp3) is 0.350. The van der Waals surface area contributed by atoms with Crippen LogP contribution in [-0.4, -0.2) is 25.2 Å². The Bertz CT molecular complexity index is 673. The molecule has 0 spiro atoms. The van der Waals surface area contributed by atoms with Gasteiger partial charge in [0.1, 0.15) is 11.5 Å². The molecule has 134 valence electrons. The van der Waals surface area contributed by atoms with Crippen molar-refractivity contribution in [3.63, 3.8) is 0 Å². The number of carbonyl (C=O) groups is 1. The van der Waals surface area contributed by atoms with E-state index in [0.717, 1.165) is 18.6 Å². The van der Waals surface area contributed by atoms with Gasteiger partial charge in [-0.25, -0.2) is 0 Å². The van der Waals surface area contributed by atoms with Crippen molar-refractivity contribution in [3.8, 4) is 11.5 Å². The zero-order valence-corrected chi connectivity index (χ0v) is 15.4. The molecule has 1 atom stereocenters. The van der Waals surface area contributed by atoms with Gasteiger partial charge in [-0.1, -0.05) is 35.9 Å². The van der Waals surface area contributed by atoms with Crippen molar-refractivity contribution in [2.75, 3.05) is 13.2 Å². The lowest BCUT2D eigenvalue weighted by molar-refractivity contribution is -0.127. The van der Waals surface area contributed by atoms with Gasteiger partial charge in [0.25, 0.3) is 5.91 Å². The van der Waals surface area contributed by atoms with Gasteiger partial charge in [0.05, 0.1) is 11.6 Å². The summed E-state index contributed by atoms with van der Waals surface area (Å²) in [6.45, 7) is 4.94. The van der Waals surface area contributed by atoms with E-state index in [0.29, 0.717) is 23.9 Å². The second-order valence-electron chi connectivity index (χ2n) is 5.66. The van der Waals surface area contributed by atoms with E-state index in [4.69, 9.17) is 21.1 Å². The molecular weight excluding hydrogens is 338 g/mol. The molecular formula is C20H24ClNO3. The lowest BCUT2D eigenvalue weighted by Crippen LogP contribution is -2.37. The fourth-order valence-electron chi connectivity index (χ4n) is 2.35. The first-order chi connectivity index (χ1) is 12.1. The molecule has 2 aromatic carbocycles. The molecule has 5 heteroatoms. The van der Waals surface area contributed by atoms with Gasteiger partial charge in [0, 0.05) is 6.54 Å². The fourth-order valence-corrected chi connectivity index (χ4v) is 2.53. The largest absolute Gasteiger partial charge is 0.494 e. The van der Waals surface area contributed by atoms with Crippen molar-refractivity contribution < 1.29 is 14.3 Å². The highest BCUT2D eigenvalue weighted by molar-refractivity contribution is 6.32. The molecule has 0 saturated carbocycles. The van der Waals surface area contributed by atoms with Crippen LogP contribution < -0.4 is 14.8 Å². The maximum atomic E-state index is 12.1. The van der Waals surface area contributed by atoms with Gasteiger partial charge in [0.15, 0.2) is 6.10 Å². The average Bonchev–Trinajstić information content (AvgIpc) is 2.62. The summed E-state index contributed by atoms with van der Waals surface area (Å²) >= 11 is 6.03. The van der Waals surface area contributed by atoms with Crippen LogP contribution in [-0.2, 0) is 11.2 Å². The monoisotopic (exact) mass is 361 g/mol. The minimum atomic E-state index is -0.592. The highest BCUT2D eigenvalue weighted by atomic mass is 35.5. The van der Waals surface area contributed by atoms with E-state index in [2.05, 4.69) is 17.4 Å². The summed E-state index contributed by atoms with van der Waals surface area (Å²) in [5.41, 5.74) is 1.22. The van der Waals surface area contributed by atoms with E-state index < -0.39 is 6.10 Å². The lowest BCUT2D eigenvalue weighted by atomic mass is 10.1. The topological polar surface area (TPSA) is 47.6 Å². The highest BCUT2D eigenvalue weighted by Crippen LogP contribution is 2.24. The Morgan fingerprint density at radius 1 is 1.16 bits per heavy atom. The first-order valence-corrected chi connectivity index (χ1v) is 8.88. The maximum Gasteiger partial charge on any atom is 0.260 e. The number of amides is 1. The second-order valence-corrected chi connectivity index (χ2v) is 6.07. The Morgan fingerprint density at radius 2 is 1.88 bits per heavy atom. The van der Waals surface area contributed by atoms with Gasteiger partial charge in [0.2, 0.25) is 0 Å². The Morgan fingerprint density at radius 3 is 2.56 bits per heavy atom. The van der Waals surface area contributed by atoms with Crippen LogP contribution in [0.2, 0.25) is 5.02 Å². The van der Waals surface area contributed by atoms with Gasteiger partial charge in [-0.05, 0) is 56.5 Å². The van der Waals surface area contributed by atoms with Crippen LogP contribution in [0, 0.1) is 0 Å². The van der Waals surface area contributed by atoms with E-state index in [1.54, 1.807) is 19.1 Å². The van der Waals surface area contributed by atoms with E-state index in [1.807, 2.05) is 31.2 Å². The number of hydrogen-bond acceptors (Lipinski definition) is 3. The first-order valence-electron chi connectivity index (χ1n) is 8.50. The Balaban J connectivity index is 1.70. The number of rotatable bonds is 9. The van der Waals surface area contributed by atoms with Gasteiger partial charge < -0.3 is 14.8 Å². The van der Waals surface area contributed by atoms with Gasteiger partial charge in [-0.15, -0.1) is 0 Å². The lowest BCUT2D eigenvalue weighted by Gasteiger charge is -2.15. The van der Waals surface area contributed by atoms with Crippen LogP contribution in [0.4, 0.5) is 0 Å². The molecule has 1 amide bonds. The zero-order chi connectivity index (χ0) is 18.1. The Kier molecular flexibility index (Phi) is 7.61. The summed E-state index contributed by atoms with van der Waals surface area (Å²) < 4.78 is 11.0. The molecule has 0 fully saturated rings. The zero-order valence-electron chi connectivity index (χ0n) is 14.6. The van der Waals surface area contributed by atoms with Crippen molar-refractivity contribution in [3.05, 3.63) is 59.1 Å². The van der Waals surface area contributed by atoms with Gasteiger partial charge in [-0.3, -0.25) is 4.79 Å². The summed E-state index contributed by atoms with van der Waals surface area (Å²) in [7, 11) is 0. The number of halogens is 1. The van der Waals surface area contributed by atoms with Crippen molar-refractivity contribution in [2.24, 2.45) is 0 Å². The van der Waals surface area contributed by atoms with Crippen LogP contribution >= 0.6 is 11.6 Å². The van der Waals surface area contributed by atoms with Crippen molar-refractivity contribution in [1.29, 1.82) is 0 Å². The molecule has 0 aromatic heterocycles. The van der Waals surface area contributed by atoms with E-state index in [-0.39, 0.29) is 5.91 Å². The molecule has 0 saturated heterocycles. The summed E-state index contributed by atoms with van der Waals surface area (Å²) in [5, 5.41) is 3.39. The molecule has 0 aliphatic rings. The van der Waals surface area contributed by atoms with Crippen LogP contribution in [0.5, 0.6) is 11.5 Å². The van der Waals surface area contributed by atoms with Crippen molar-refractivity contribution in [1.82, 2.24) is 5.32 Å². The van der Waals surface area contributed by atoms with Gasteiger partial charge in [-0.2, -0.15) is 0 Å². The molecule has 0 radical (unpaired) electrons. The van der Waals surface area contributed by atoms with Crippen molar-refractivity contribution >= 4 is 17.5 Å². The Labute approximate surface area is 154 Å². The van der Waals surface area contributed by atoms with Crippen LogP contribution in [0.15, 0.2) is 48.5 Å². The molecule has 25 heavy (non-hydrogen) atoms. The molecule has 2 aromatic rings. The third-order valence-electron chi connectivity index (χ3n) is 3.69. The molecule has 0 bridgehead atoms. The summed E-state index contributed by atoms with van der Waals surface area (Å²) in [6, 6.07) is 15.2. The van der Waals surface area contributed by atoms with E-state index in [1.165, 1.54) is 5.56 Å². The van der Waals surface area contributed by atoms with E-state index >= 15 is 0 Å². The van der Waals surface area contributed by atoms with Gasteiger partial charge >= 0.3 is 0 Å². The first kappa shape index (κ1) is 19.1. The quantitative estimate of drug-likeness (QED) is 0.679. The Hall–Kier alpha value is -2.20. The summed E-state index contributed by atoms with van der Waals surface area (Å²) in [5.74, 6) is 1.25. The number of benzene rings is 2. The molecule has 1 N–H and O–H groups in total. The summed E-state index contributed by atoms with van der Waals surface area (Å²) in [6.07, 6.45) is 1.16. The predicted octanol–water partition coefficient (Wildman–Crippen LogP) is 4.26. The third kappa shape index (κ3) is 6.31. The number of hydrogen-bond donors (Lipinski definition) is 1. The minimum Gasteiger partial charge on any atom is -0.494 e. The molecule has 0 unspecified atom stereocenters. The number of nitrogens with one attached hydrogen (secondary N) is 1.